The van der Waals surface area contributed by atoms with Crippen LogP contribution in [0.15, 0.2) is 47.6 Å². The third-order valence-corrected chi connectivity index (χ3v) is 2.97. The van der Waals surface area contributed by atoms with Crippen molar-refractivity contribution in [1.29, 1.82) is 4.78 Å². The highest BCUT2D eigenvalue weighted by atomic mass is 32.2. The maximum atomic E-state index is 13.1. The number of nitrogens with zero attached hydrogens (tertiary/aromatic N) is 1. The van der Waals surface area contributed by atoms with E-state index in [0.717, 1.165) is 6.07 Å². The molecule has 2 aromatic rings. The molecule has 0 amide bonds. The highest BCUT2D eigenvalue weighted by molar-refractivity contribution is 7.60. The topological polar surface area (TPSA) is 79.6 Å². The summed E-state index contributed by atoms with van der Waals surface area (Å²) in [6.07, 6.45) is -4.48. The Bertz CT molecular complexity index is 886. The minimum Gasteiger partial charge on any atom is -0.357 e. The zero-order chi connectivity index (χ0) is 19.9. The summed E-state index contributed by atoms with van der Waals surface area (Å²) < 4.78 is 74.8. The van der Waals surface area contributed by atoms with Gasteiger partial charge < -0.3 is 4.84 Å². The summed E-state index contributed by atoms with van der Waals surface area (Å²) in [6.45, 7) is 3.00. The van der Waals surface area contributed by atoms with E-state index in [-0.39, 0.29) is 17.0 Å². The third kappa shape index (κ3) is 7.01. The SMILES string of the molecule is C/C(=N\Oc1ccc(F)cc1)c1ccc(C)cc1C(F)(F)F.N=S(=O)=O. The van der Waals surface area contributed by atoms with Crippen molar-refractivity contribution in [2.75, 3.05) is 0 Å². The quantitative estimate of drug-likeness (QED) is 0.473. The smallest absolute Gasteiger partial charge is 0.357 e. The first kappa shape index (κ1) is 21.3. The molecule has 0 aromatic heterocycles. The summed E-state index contributed by atoms with van der Waals surface area (Å²) in [7, 11) is -2.61. The molecule has 2 aromatic carbocycles. The number of hydrogen-bond acceptors (Lipinski definition) is 5. The second-order valence-electron chi connectivity index (χ2n) is 5.00. The van der Waals surface area contributed by atoms with Crippen LogP contribution in [0.4, 0.5) is 17.6 Å². The lowest BCUT2D eigenvalue weighted by molar-refractivity contribution is -0.137. The molecule has 0 aliphatic heterocycles. The minimum absolute atomic E-state index is 0.0554. The van der Waals surface area contributed by atoms with E-state index in [9.17, 15) is 17.6 Å². The second-order valence-corrected chi connectivity index (χ2v) is 5.47. The molecular formula is C16H14F4N2O3S. The van der Waals surface area contributed by atoms with Gasteiger partial charge in [-0.1, -0.05) is 22.9 Å². The molecule has 0 bridgehead atoms. The Labute approximate surface area is 148 Å². The van der Waals surface area contributed by atoms with Crippen LogP contribution in [0.1, 0.15) is 23.6 Å². The van der Waals surface area contributed by atoms with Crippen molar-refractivity contribution in [2.45, 2.75) is 20.0 Å². The predicted molar refractivity (Wildman–Crippen MR) is 87.1 cm³/mol. The van der Waals surface area contributed by atoms with Crippen molar-refractivity contribution >= 4 is 16.2 Å². The number of oxime groups is 1. The van der Waals surface area contributed by atoms with Crippen molar-refractivity contribution < 1.29 is 30.8 Å². The zero-order valence-electron chi connectivity index (χ0n) is 13.6. The first-order valence-electron chi connectivity index (χ1n) is 6.96. The Hall–Kier alpha value is -2.75. The largest absolute Gasteiger partial charge is 0.417 e. The highest BCUT2D eigenvalue weighted by Gasteiger charge is 2.34. The molecule has 5 nitrogen and oxygen atoms in total. The van der Waals surface area contributed by atoms with E-state index in [1.807, 2.05) is 0 Å². The number of rotatable bonds is 3. The molecule has 0 aliphatic carbocycles. The van der Waals surface area contributed by atoms with Gasteiger partial charge in [-0.15, -0.1) is 0 Å². The van der Waals surface area contributed by atoms with E-state index in [1.165, 1.54) is 37.3 Å². The molecule has 10 heteroatoms. The normalized spacial score (nSPS) is 11.4. The first-order chi connectivity index (χ1) is 12.0. The average molecular weight is 390 g/mol. The summed E-state index contributed by atoms with van der Waals surface area (Å²) in [4.78, 5) is 5.03. The van der Waals surface area contributed by atoms with E-state index < -0.39 is 28.1 Å². The van der Waals surface area contributed by atoms with Gasteiger partial charge in [-0.05, 0) is 44.2 Å². The summed E-state index contributed by atoms with van der Waals surface area (Å²) >= 11 is 0. The van der Waals surface area contributed by atoms with Gasteiger partial charge in [-0.2, -0.15) is 26.4 Å². The lowest BCUT2D eigenvalue weighted by atomic mass is 10.0. The number of hydrogen-bond donors (Lipinski definition) is 1. The number of nitrogens with one attached hydrogen (secondary N) is 1. The summed E-state index contributed by atoms with van der Waals surface area (Å²) in [5.74, 6) is -0.202. The Morgan fingerprint density at radius 2 is 1.65 bits per heavy atom. The van der Waals surface area contributed by atoms with Crippen LogP contribution in [0.5, 0.6) is 5.75 Å². The van der Waals surface area contributed by atoms with E-state index in [1.54, 1.807) is 13.0 Å². The van der Waals surface area contributed by atoms with Gasteiger partial charge in [0.25, 0.3) is 0 Å². The molecule has 0 fully saturated rings. The number of halogens is 4. The van der Waals surface area contributed by atoms with Crippen LogP contribution in [0.2, 0.25) is 0 Å². The molecule has 0 atom stereocenters. The van der Waals surface area contributed by atoms with Crippen molar-refractivity contribution in [3.8, 4) is 5.75 Å². The Morgan fingerprint density at radius 1 is 1.12 bits per heavy atom. The standard InChI is InChI=1S/C16H13F4NO.HNO2S/c1-10-3-8-14(15(9-10)16(18,19)20)11(2)21-22-13-6-4-12(17)5-7-13;1-4(2)3/h3-9H,1-2H3;1H/b21-11+;. The molecule has 26 heavy (non-hydrogen) atoms. The summed E-state index contributed by atoms with van der Waals surface area (Å²) in [5.41, 5.74) is -0.239. The lowest BCUT2D eigenvalue weighted by Gasteiger charge is -2.13. The maximum Gasteiger partial charge on any atom is 0.417 e. The monoisotopic (exact) mass is 390 g/mol. The molecule has 1 N–H and O–H groups in total. The number of aryl methyl sites for hydroxylation is 1. The van der Waals surface area contributed by atoms with Gasteiger partial charge in [0, 0.05) is 5.56 Å². The van der Waals surface area contributed by atoms with E-state index >= 15 is 0 Å². The van der Waals surface area contributed by atoms with Crippen molar-refractivity contribution in [2.24, 2.45) is 5.16 Å². The average Bonchev–Trinajstić information content (AvgIpc) is 2.52. The van der Waals surface area contributed by atoms with Gasteiger partial charge in [0.05, 0.1) is 11.3 Å². The van der Waals surface area contributed by atoms with Crippen LogP contribution in [0.3, 0.4) is 0 Å². The van der Waals surface area contributed by atoms with Gasteiger partial charge in [0.1, 0.15) is 5.82 Å². The molecule has 2 rings (SSSR count). The van der Waals surface area contributed by atoms with Gasteiger partial charge >= 0.3 is 16.7 Å². The van der Waals surface area contributed by atoms with E-state index in [2.05, 4.69) is 5.16 Å². The van der Waals surface area contributed by atoms with Gasteiger partial charge in [-0.3, -0.25) is 0 Å². The van der Waals surface area contributed by atoms with Crippen LogP contribution >= 0.6 is 0 Å². The molecular weight excluding hydrogens is 376 g/mol. The highest BCUT2D eigenvalue weighted by Crippen LogP contribution is 2.33. The lowest BCUT2D eigenvalue weighted by Crippen LogP contribution is -2.13. The third-order valence-electron chi connectivity index (χ3n) is 2.97. The molecule has 0 heterocycles. The van der Waals surface area contributed by atoms with Crippen LogP contribution < -0.4 is 4.84 Å². The predicted octanol–water partition coefficient (Wildman–Crippen LogP) is 4.58. The molecule has 0 saturated heterocycles. The Kier molecular flexibility index (Phi) is 7.44. The Balaban J connectivity index is 0.000000765. The molecule has 0 aliphatic rings. The van der Waals surface area contributed by atoms with Crippen molar-refractivity contribution in [3.63, 3.8) is 0 Å². The number of alkyl halides is 3. The molecule has 0 spiro atoms. The van der Waals surface area contributed by atoms with E-state index in [0.29, 0.717) is 5.56 Å². The van der Waals surface area contributed by atoms with Crippen LogP contribution in [-0.4, -0.2) is 14.1 Å². The Morgan fingerprint density at radius 3 is 2.15 bits per heavy atom. The minimum atomic E-state index is -4.48. The number of benzene rings is 2. The summed E-state index contributed by atoms with van der Waals surface area (Å²) in [5, 5.41) is 3.69. The van der Waals surface area contributed by atoms with Gasteiger partial charge in [0.15, 0.2) is 5.75 Å². The fourth-order valence-corrected chi connectivity index (χ4v) is 1.87. The van der Waals surface area contributed by atoms with Crippen LogP contribution in [0.25, 0.3) is 0 Å². The first-order valence-corrected chi connectivity index (χ1v) is 8.04. The van der Waals surface area contributed by atoms with Gasteiger partial charge in [-0.25, -0.2) is 4.39 Å². The fourth-order valence-electron chi connectivity index (χ4n) is 1.87. The molecule has 0 unspecified atom stereocenters. The zero-order valence-corrected chi connectivity index (χ0v) is 14.5. The molecule has 0 radical (unpaired) electrons. The van der Waals surface area contributed by atoms with Crippen molar-refractivity contribution in [1.82, 2.24) is 0 Å². The second kappa shape index (κ2) is 9.09. The van der Waals surface area contributed by atoms with E-state index in [4.69, 9.17) is 18.0 Å². The fraction of sp³-hybridized carbons (Fsp3) is 0.188. The maximum absolute atomic E-state index is 13.1. The molecule has 140 valence electrons. The molecule has 0 saturated carbocycles. The van der Waals surface area contributed by atoms with Crippen LogP contribution in [-0.2, 0) is 16.7 Å². The van der Waals surface area contributed by atoms with Crippen LogP contribution in [0, 0.1) is 17.5 Å². The summed E-state index contributed by atoms with van der Waals surface area (Å²) in [6, 6.07) is 9.01. The van der Waals surface area contributed by atoms with Crippen molar-refractivity contribution in [3.05, 3.63) is 65.0 Å². The van der Waals surface area contributed by atoms with Gasteiger partial charge in [0.2, 0.25) is 0 Å².